The number of ether oxygens (including phenoxy) is 1. The van der Waals surface area contributed by atoms with Crippen molar-refractivity contribution in [1.82, 2.24) is 10.6 Å². The van der Waals surface area contributed by atoms with Gasteiger partial charge in [-0.25, -0.2) is 9.59 Å². The van der Waals surface area contributed by atoms with Crippen molar-refractivity contribution >= 4 is 29.2 Å². The lowest BCUT2D eigenvalue weighted by Crippen LogP contribution is -2.41. The predicted octanol–water partition coefficient (Wildman–Crippen LogP) is 3.04. The van der Waals surface area contributed by atoms with Crippen LogP contribution in [0.25, 0.3) is 0 Å². The fraction of sp³-hybridized carbons (Fsp3) is 0.389. The van der Waals surface area contributed by atoms with E-state index in [9.17, 15) is 14.4 Å². The van der Waals surface area contributed by atoms with E-state index < -0.39 is 24.5 Å². The lowest BCUT2D eigenvalue weighted by molar-refractivity contribution is -0.123. The number of amides is 3. The molecule has 2 rings (SSSR count). The molecule has 2 heterocycles. The SMILES string of the molecule is CCCc1sc(C(=O)OCC(=O)NC(=O)NCc2ccco2)cc1CC. The summed E-state index contributed by atoms with van der Waals surface area (Å²) in [6.45, 7) is 3.75. The molecule has 3 amide bonds. The summed E-state index contributed by atoms with van der Waals surface area (Å²) in [6, 6.07) is 4.52. The zero-order valence-electron chi connectivity index (χ0n) is 14.8. The third-order valence-electron chi connectivity index (χ3n) is 3.55. The number of carbonyl (C=O) groups excluding carboxylic acids is 3. The van der Waals surface area contributed by atoms with Crippen LogP contribution in [-0.4, -0.2) is 24.5 Å². The van der Waals surface area contributed by atoms with Crippen LogP contribution in [0.5, 0.6) is 0 Å². The van der Waals surface area contributed by atoms with Gasteiger partial charge in [-0.2, -0.15) is 0 Å². The first-order valence-corrected chi connectivity index (χ1v) is 9.23. The Morgan fingerprint density at radius 2 is 2.08 bits per heavy atom. The van der Waals surface area contributed by atoms with Crippen LogP contribution in [0.3, 0.4) is 0 Å². The maximum Gasteiger partial charge on any atom is 0.348 e. The molecule has 7 nitrogen and oxygen atoms in total. The predicted molar refractivity (Wildman–Crippen MR) is 97.1 cm³/mol. The van der Waals surface area contributed by atoms with Gasteiger partial charge < -0.3 is 14.5 Å². The number of furan rings is 1. The van der Waals surface area contributed by atoms with E-state index in [-0.39, 0.29) is 6.54 Å². The molecule has 26 heavy (non-hydrogen) atoms. The summed E-state index contributed by atoms with van der Waals surface area (Å²) in [5.41, 5.74) is 1.13. The van der Waals surface area contributed by atoms with Crippen LogP contribution in [0.2, 0.25) is 0 Å². The summed E-state index contributed by atoms with van der Waals surface area (Å²) in [7, 11) is 0. The standard InChI is InChI=1S/C18H22N2O5S/c1-3-6-14-12(4-2)9-15(26-14)17(22)25-11-16(21)20-18(23)19-10-13-7-5-8-24-13/h5,7-9H,3-4,6,10-11H2,1-2H3,(H2,19,20,21,23). The van der Waals surface area contributed by atoms with Crippen LogP contribution < -0.4 is 10.6 Å². The molecule has 0 aliphatic rings. The number of hydrogen-bond acceptors (Lipinski definition) is 6. The molecule has 2 aromatic heterocycles. The molecule has 0 aliphatic carbocycles. The summed E-state index contributed by atoms with van der Waals surface area (Å²) < 4.78 is 10.1. The van der Waals surface area contributed by atoms with Gasteiger partial charge in [0.05, 0.1) is 12.8 Å². The zero-order valence-corrected chi connectivity index (χ0v) is 15.6. The molecule has 0 radical (unpaired) electrons. The van der Waals surface area contributed by atoms with Crippen molar-refractivity contribution in [2.24, 2.45) is 0 Å². The Bertz CT molecular complexity index is 752. The molecule has 140 valence electrons. The highest BCUT2D eigenvalue weighted by Gasteiger charge is 2.17. The lowest BCUT2D eigenvalue weighted by Gasteiger charge is -2.06. The Morgan fingerprint density at radius 1 is 1.27 bits per heavy atom. The Morgan fingerprint density at radius 3 is 2.73 bits per heavy atom. The van der Waals surface area contributed by atoms with E-state index in [0.29, 0.717) is 10.6 Å². The molecule has 0 atom stereocenters. The number of hydrogen-bond donors (Lipinski definition) is 2. The number of imide groups is 1. The highest BCUT2D eigenvalue weighted by atomic mass is 32.1. The van der Waals surface area contributed by atoms with E-state index in [0.717, 1.165) is 24.8 Å². The minimum atomic E-state index is -0.698. The Kier molecular flexibility index (Phi) is 7.40. The first kappa shape index (κ1) is 19.7. The van der Waals surface area contributed by atoms with Gasteiger partial charge in [-0.15, -0.1) is 11.3 Å². The molecule has 0 aromatic carbocycles. The van der Waals surface area contributed by atoms with Crippen LogP contribution in [0, 0.1) is 0 Å². The van der Waals surface area contributed by atoms with Gasteiger partial charge in [0.2, 0.25) is 0 Å². The van der Waals surface area contributed by atoms with Crippen molar-refractivity contribution in [2.45, 2.75) is 39.7 Å². The third-order valence-corrected chi connectivity index (χ3v) is 4.76. The maximum atomic E-state index is 12.1. The number of thiophene rings is 1. The highest BCUT2D eigenvalue weighted by Crippen LogP contribution is 2.25. The molecule has 0 unspecified atom stereocenters. The number of urea groups is 1. The number of nitrogens with one attached hydrogen (secondary N) is 2. The third kappa shape index (κ3) is 5.73. The van der Waals surface area contributed by atoms with E-state index in [1.54, 1.807) is 12.1 Å². The van der Waals surface area contributed by atoms with E-state index in [4.69, 9.17) is 9.15 Å². The quantitative estimate of drug-likeness (QED) is 0.688. The average Bonchev–Trinajstić information content (AvgIpc) is 3.27. The van der Waals surface area contributed by atoms with Crippen molar-refractivity contribution in [3.63, 3.8) is 0 Å². The van der Waals surface area contributed by atoms with E-state index >= 15 is 0 Å². The smallest absolute Gasteiger partial charge is 0.348 e. The minimum Gasteiger partial charge on any atom is -0.467 e. The zero-order chi connectivity index (χ0) is 18.9. The lowest BCUT2D eigenvalue weighted by atomic mass is 10.1. The summed E-state index contributed by atoms with van der Waals surface area (Å²) >= 11 is 1.39. The molecular weight excluding hydrogens is 356 g/mol. The first-order chi connectivity index (χ1) is 12.5. The molecule has 0 saturated carbocycles. The van der Waals surface area contributed by atoms with Crippen LogP contribution in [-0.2, 0) is 28.9 Å². The van der Waals surface area contributed by atoms with Gasteiger partial charge >= 0.3 is 12.0 Å². The molecule has 2 aromatic rings. The number of esters is 1. The van der Waals surface area contributed by atoms with Gasteiger partial charge in [-0.3, -0.25) is 10.1 Å². The molecule has 2 N–H and O–H groups in total. The monoisotopic (exact) mass is 378 g/mol. The first-order valence-electron chi connectivity index (χ1n) is 8.42. The molecule has 0 bridgehead atoms. The van der Waals surface area contributed by atoms with E-state index in [2.05, 4.69) is 17.6 Å². The van der Waals surface area contributed by atoms with Crippen LogP contribution in [0.15, 0.2) is 28.9 Å². The van der Waals surface area contributed by atoms with Gasteiger partial charge in [-0.1, -0.05) is 20.3 Å². The minimum absolute atomic E-state index is 0.154. The average molecular weight is 378 g/mol. The van der Waals surface area contributed by atoms with Crippen LogP contribution in [0.1, 0.15) is 46.1 Å². The fourth-order valence-corrected chi connectivity index (χ4v) is 3.54. The Hall–Kier alpha value is -2.61. The van der Waals surface area contributed by atoms with E-state index in [1.807, 2.05) is 13.0 Å². The maximum absolute atomic E-state index is 12.1. The molecule has 8 heteroatoms. The van der Waals surface area contributed by atoms with Gasteiger partial charge in [0.25, 0.3) is 5.91 Å². The van der Waals surface area contributed by atoms with Crippen molar-refractivity contribution in [3.05, 3.63) is 45.5 Å². The van der Waals surface area contributed by atoms with Gasteiger partial charge in [0.1, 0.15) is 10.6 Å². The molecular formula is C18H22N2O5S. The summed E-state index contributed by atoms with van der Waals surface area (Å²) in [4.78, 5) is 37.1. The topological polar surface area (TPSA) is 97.6 Å². The van der Waals surface area contributed by atoms with E-state index in [1.165, 1.54) is 22.5 Å². The van der Waals surface area contributed by atoms with Crippen molar-refractivity contribution in [2.75, 3.05) is 6.61 Å². The van der Waals surface area contributed by atoms with Crippen molar-refractivity contribution < 1.29 is 23.5 Å². The van der Waals surface area contributed by atoms with Crippen LogP contribution in [0.4, 0.5) is 4.79 Å². The normalized spacial score (nSPS) is 10.4. The summed E-state index contributed by atoms with van der Waals surface area (Å²) in [6.07, 6.45) is 4.24. The van der Waals surface area contributed by atoms with Gasteiger partial charge in [-0.05, 0) is 36.6 Å². The highest BCUT2D eigenvalue weighted by molar-refractivity contribution is 7.14. The van der Waals surface area contributed by atoms with Crippen molar-refractivity contribution in [1.29, 1.82) is 0 Å². The fourth-order valence-electron chi connectivity index (χ4n) is 2.29. The molecule has 0 aliphatic heterocycles. The summed E-state index contributed by atoms with van der Waals surface area (Å²) in [5, 5.41) is 4.56. The summed E-state index contributed by atoms with van der Waals surface area (Å²) in [5.74, 6) is -0.694. The largest absolute Gasteiger partial charge is 0.467 e. The molecule has 0 saturated heterocycles. The number of carbonyl (C=O) groups is 3. The van der Waals surface area contributed by atoms with Gasteiger partial charge in [0, 0.05) is 4.88 Å². The Labute approximate surface area is 155 Å². The number of rotatable bonds is 8. The van der Waals surface area contributed by atoms with Crippen LogP contribution >= 0.6 is 11.3 Å². The Balaban J connectivity index is 1.77. The second-order valence-electron chi connectivity index (χ2n) is 5.55. The van der Waals surface area contributed by atoms with Crippen molar-refractivity contribution in [3.8, 4) is 0 Å². The van der Waals surface area contributed by atoms with Gasteiger partial charge in [0.15, 0.2) is 6.61 Å². The second kappa shape index (κ2) is 9.76. The second-order valence-corrected chi connectivity index (χ2v) is 6.69. The molecule has 0 fully saturated rings. The number of aryl methyl sites for hydroxylation is 2. The molecule has 0 spiro atoms.